The first-order valence-corrected chi connectivity index (χ1v) is 7.54. The van der Waals surface area contributed by atoms with E-state index >= 15 is 0 Å². The van der Waals surface area contributed by atoms with Crippen LogP contribution in [0.5, 0.6) is 0 Å². The molecule has 0 aromatic heterocycles. The van der Waals surface area contributed by atoms with Gasteiger partial charge in [-0.2, -0.15) is 13.2 Å². The molecule has 2 amide bonds. The number of carbonyl (C=O) groups is 3. The van der Waals surface area contributed by atoms with Gasteiger partial charge in [-0.1, -0.05) is 18.2 Å². The lowest BCUT2D eigenvalue weighted by Gasteiger charge is -2.19. The van der Waals surface area contributed by atoms with Crippen LogP contribution in [0.1, 0.15) is 24.0 Å². The number of esters is 1. The number of methoxy groups -OCH3 is 1. The fraction of sp³-hybridized carbons (Fsp3) is 0.438. The third-order valence-corrected chi connectivity index (χ3v) is 3.81. The van der Waals surface area contributed by atoms with E-state index in [-0.39, 0.29) is 24.3 Å². The molecule has 0 unspecified atom stereocenters. The molecular formula is C16H17F3N2O4. The van der Waals surface area contributed by atoms with E-state index < -0.39 is 35.7 Å². The Morgan fingerprint density at radius 2 is 2.12 bits per heavy atom. The number of amides is 2. The topological polar surface area (TPSA) is 84.5 Å². The molecule has 1 aliphatic heterocycles. The van der Waals surface area contributed by atoms with Crippen molar-refractivity contribution in [1.29, 1.82) is 0 Å². The van der Waals surface area contributed by atoms with Crippen LogP contribution >= 0.6 is 0 Å². The number of hydrogen-bond donors (Lipinski definition) is 2. The van der Waals surface area contributed by atoms with Crippen LogP contribution < -0.4 is 10.6 Å². The first kappa shape index (κ1) is 18.8. The molecule has 6 nitrogen and oxygen atoms in total. The van der Waals surface area contributed by atoms with Crippen molar-refractivity contribution >= 4 is 17.8 Å². The minimum atomic E-state index is -4.51. The largest absolute Gasteiger partial charge is 0.467 e. The Bertz CT molecular complexity index is 676. The highest BCUT2D eigenvalue weighted by atomic mass is 19.4. The van der Waals surface area contributed by atoms with Gasteiger partial charge in [0.1, 0.15) is 12.1 Å². The van der Waals surface area contributed by atoms with E-state index in [9.17, 15) is 27.6 Å². The zero-order valence-electron chi connectivity index (χ0n) is 13.4. The highest BCUT2D eigenvalue weighted by Crippen LogP contribution is 2.29. The van der Waals surface area contributed by atoms with Gasteiger partial charge in [0.05, 0.1) is 12.7 Å². The Kier molecular flexibility index (Phi) is 5.66. The van der Waals surface area contributed by atoms with Gasteiger partial charge in [0.15, 0.2) is 0 Å². The van der Waals surface area contributed by atoms with Crippen LogP contribution in [0.25, 0.3) is 0 Å². The molecule has 2 N–H and O–H groups in total. The van der Waals surface area contributed by atoms with Gasteiger partial charge in [-0.15, -0.1) is 0 Å². The summed E-state index contributed by atoms with van der Waals surface area (Å²) in [6.07, 6.45) is -4.17. The molecule has 1 aromatic rings. The highest BCUT2D eigenvalue weighted by Gasteiger charge is 2.32. The average molecular weight is 358 g/mol. The summed E-state index contributed by atoms with van der Waals surface area (Å²) in [5, 5.41) is 4.88. The van der Waals surface area contributed by atoms with Crippen LogP contribution in [0.3, 0.4) is 0 Å². The predicted molar refractivity (Wildman–Crippen MR) is 80.3 cm³/mol. The molecule has 136 valence electrons. The molecule has 1 fully saturated rings. The number of carbonyl (C=O) groups excluding carboxylic acids is 3. The molecule has 1 saturated heterocycles. The van der Waals surface area contributed by atoms with Crippen molar-refractivity contribution in [2.24, 2.45) is 0 Å². The van der Waals surface area contributed by atoms with Crippen LogP contribution in [-0.4, -0.2) is 37.0 Å². The van der Waals surface area contributed by atoms with Crippen molar-refractivity contribution in [2.45, 2.75) is 37.5 Å². The Labute approximate surface area is 141 Å². The van der Waals surface area contributed by atoms with E-state index in [0.29, 0.717) is 6.42 Å². The molecule has 1 heterocycles. The molecular weight excluding hydrogens is 341 g/mol. The third kappa shape index (κ3) is 4.94. The van der Waals surface area contributed by atoms with E-state index in [2.05, 4.69) is 15.4 Å². The van der Waals surface area contributed by atoms with Gasteiger partial charge < -0.3 is 15.4 Å². The van der Waals surface area contributed by atoms with Crippen molar-refractivity contribution in [2.75, 3.05) is 7.11 Å². The van der Waals surface area contributed by atoms with Crippen LogP contribution in [-0.2, 0) is 31.7 Å². The van der Waals surface area contributed by atoms with Crippen molar-refractivity contribution in [3.63, 3.8) is 0 Å². The summed E-state index contributed by atoms with van der Waals surface area (Å²) in [5.74, 6) is -1.63. The molecule has 9 heteroatoms. The lowest BCUT2D eigenvalue weighted by molar-refractivity contribution is -0.145. The van der Waals surface area contributed by atoms with Gasteiger partial charge in [-0.05, 0) is 18.1 Å². The van der Waals surface area contributed by atoms with Crippen molar-refractivity contribution < 1.29 is 32.3 Å². The summed E-state index contributed by atoms with van der Waals surface area (Å²) >= 11 is 0. The summed E-state index contributed by atoms with van der Waals surface area (Å²) in [6, 6.07) is 2.57. The van der Waals surface area contributed by atoms with Gasteiger partial charge in [0.2, 0.25) is 11.8 Å². The number of halogens is 3. The van der Waals surface area contributed by atoms with E-state index in [1.165, 1.54) is 12.1 Å². The Balaban J connectivity index is 2.11. The van der Waals surface area contributed by atoms with E-state index in [1.54, 1.807) is 0 Å². The van der Waals surface area contributed by atoms with E-state index in [4.69, 9.17) is 0 Å². The van der Waals surface area contributed by atoms with Gasteiger partial charge in [-0.25, -0.2) is 4.79 Å². The molecule has 2 rings (SSSR count). The number of alkyl halides is 3. The number of rotatable bonds is 5. The minimum Gasteiger partial charge on any atom is -0.467 e. The molecule has 1 aliphatic rings. The predicted octanol–water partition coefficient (Wildman–Crippen LogP) is 1.18. The van der Waals surface area contributed by atoms with Gasteiger partial charge >= 0.3 is 12.1 Å². The molecule has 0 saturated carbocycles. The van der Waals surface area contributed by atoms with Crippen LogP contribution in [0.2, 0.25) is 0 Å². The van der Waals surface area contributed by atoms with Crippen LogP contribution in [0.15, 0.2) is 24.3 Å². The number of ether oxygens (including phenoxy) is 1. The quantitative estimate of drug-likeness (QED) is 0.775. The molecule has 0 spiro atoms. The van der Waals surface area contributed by atoms with Gasteiger partial charge in [-0.3, -0.25) is 9.59 Å². The zero-order valence-corrected chi connectivity index (χ0v) is 13.4. The summed E-state index contributed by atoms with van der Waals surface area (Å²) in [4.78, 5) is 35.2. The van der Waals surface area contributed by atoms with E-state index in [0.717, 1.165) is 19.2 Å². The summed E-state index contributed by atoms with van der Waals surface area (Å²) in [7, 11) is 1.12. The maximum absolute atomic E-state index is 12.8. The molecule has 2 atom stereocenters. The lowest BCUT2D eigenvalue weighted by Crippen LogP contribution is -2.50. The Morgan fingerprint density at radius 3 is 2.68 bits per heavy atom. The third-order valence-electron chi connectivity index (χ3n) is 3.81. The number of hydrogen-bond acceptors (Lipinski definition) is 4. The van der Waals surface area contributed by atoms with Crippen molar-refractivity contribution in [1.82, 2.24) is 10.6 Å². The minimum absolute atomic E-state index is 0.164. The fourth-order valence-corrected chi connectivity index (χ4v) is 2.53. The van der Waals surface area contributed by atoms with Crippen LogP contribution in [0, 0.1) is 0 Å². The monoisotopic (exact) mass is 358 g/mol. The maximum atomic E-state index is 12.8. The van der Waals surface area contributed by atoms with Gasteiger partial charge in [0.25, 0.3) is 0 Å². The maximum Gasteiger partial charge on any atom is 0.416 e. The molecule has 0 aliphatic carbocycles. The van der Waals surface area contributed by atoms with Crippen molar-refractivity contribution in [3.05, 3.63) is 35.4 Å². The summed E-state index contributed by atoms with van der Waals surface area (Å²) in [5.41, 5.74) is -0.621. The number of benzene rings is 1. The second-order valence-electron chi connectivity index (χ2n) is 5.65. The number of nitrogens with one attached hydrogen (secondary N) is 2. The first-order chi connectivity index (χ1) is 11.7. The zero-order chi connectivity index (χ0) is 18.6. The lowest BCUT2D eigenvalue weighted by atomic mass is 10.0. The van der Waals surface area contributed by atoms with Crippen LogP contribution in [0.4, 0.5) is 13.2 Å². The first-order valence-electron chi connectivity index (χ1n) is 7.54. The standard InChI is InChI=1S/C16H17F3N2O4/c1-25-15(24)12(21-14(23)11-5-6-13(22)20-11)8-9-3-2-4-10(7-9)16(17,18)19/h2-4,7,11-12H,5-6,8H2,1H3,(H,20,22)(H,21,23)/t11-,12-/m0/s1. The Hall–Kier alpha value is -2.58. The molecule has 25 heavy (non-hydrogen) atoms. The SMILES string of the molecule is COC(=O)[C@H](Cc1cccc(C(F)(F)F)c1)NC(=O)[C@@H]1CCC(=O)N1. The fourth-order valence-electron chi connectivity index (χ4n) is 2.53. The molecule has 0 bridgehead atoms. The van der Waals surface area contributed by atoms with Crippen molar-refractivity contribution in [3.8, 4) is 0 Å². The molecule has 1 aromatic carbocycles. The highest BCUT2D eigenvalue weighted by molar-refractivity contribution is 5.93. The van der Waals surface area contributed by atoms with E-state index in [1.807, 2.05) is 0 Å². The second-order valence-corrected chi connectivity index (χ2v) is 5.65. The van der Waals surface area contributed by atoms with Gasteiger partial charge in [0, 0.05) is 12.8 Å². The normalized spacial score (nSPS) is 18.4. The smallest absolute Gasteiger partial charge is 0.416 e. The second kappa shape index (κ2) is 7.54. The molecule has 0 radical (unpaired) electrons. The average Bonchev–Trinajstić information content (AvgIpc) is 2.99. The summed E-state index contributed by atoms with van der Waals surface area (Å²) < 4.78 is 42.9. The Morgan fingerprint density at radius 1 is 1.40 bits per heavy atom. The summed E-state index contributed by atoms with van der Waals surface area (Å²) in [6.45, 7) is 0.